The van der Waals surface area contributed by atoms with E-state index in [0.717, 1.165) is 32.2 Å². The molecule has 0 spiro atoms. The van der Waals surface area contributed by atoms with Crippen LogP contribution >= 0.6 is 0 Å². The van der Waals surface area contributed by atoms with Crippen LogP contribution in [0.25, 0.3) is 0 Å². The van der Waals surface area contributed by atoms with Crippen molar-refractivity contribution in [2.45, 2.75) is 64.0 Å². The van der Waals surface area contributed by atoms with Gasteiger partial charge >= 0.3 is 6.03 Å². The van der Waals surface area contributed by atoms with Crippen LogP contribution in [0.1, 0.15) is 51.9 Å². The third-order valence-corrected chi connectivity index (χ3v) is 4.85. The summed E-state index contributed by atoms with van der Waals surface area (Å²) in [6.07, 6.45) is 6.84. The number of amides is 3. The smallest absolute Gasteiger partial charge is 0.317 e. The summed E-state index contributed by atoms with van der Waals surface area (Å²) in [5.74, 6) is 0.367. The molecule has 128 valence electrons. The van der Waals surface area contributed by atoms with Crippen LogP contribution in [0.2, 0.25) is 0 Å². The Bertz CT molecular complexity index is 488. The van der Waals surface area contributed by atoms with Crippen molar-refractivity contribution in [1.82, 2.24) is 15.5 Å². The van der Waals surface area contributed by atoms with E-state index in [1.165, 1.54) is 12.8 Å². The third-order valence-electron chi connectivity index (χ3n) is 4.85. The zero-order valence-electron chi connectivity index (χ0n) is 13.7. The predicted molar refractivity (Wildman–Crippen MR) is 85.8 cm³/mol. The van der Waals surface area contributed by atoms with Crippen molar-refractivity contribution in [3.63, 3.8) is 0 Å². The fourth-order valence-corrected chi connectivity index (χ4v) is 3.53. The quantitative estimate of drug-likeness (QED) is 0.810. The van der Waals surface area contributed by atoms with E-state index in [9.17, 15) is 9.59 Å². The van der Waals surface area contributed by atoms with Gasteiger partial charge in [-0.2, -0.15) is 0 Å². The predicted octanol–water partition coefficient (Wildman–Crippen LogP) is 1.59. The van der Waals surface area contributed by atoms with E-state index < -0.39 is 0 Å². The lowest BCUT2D eigenvalue weighted by atomic mass is 9.97. The van der Waals surface area contributed by atoms with Gasteiger partial charge in [-0.3, -0.25) is 4.79 Å². The average Bonchev–Trinajstić information content (AvgIpc) is 3.19. The molecule has 2 N–H and O–H groups in total. The average molecular weight is 322 g/mol. The molecule has 1 aliphatic carbocycles. The zero-order valence-corrected chi connectivity index (χ0v) is 13.7. The highest BCUT2D eigenvalue weighted by Crippen LogP contribution is 2.20. The van der Waals surface area contributed by atoms with Crippen LogP contribution in [0.15, 0.2) is 5.16 Å². The molecule has 2 fully saturated rings. The van der Waals surface area contributed by atoms with Crippen molar-refractivity contribution < 1.29 is 14.4 Å². The Morgan fingerprint density at radius 3 is 2.70 bits per heavy atom. The lowest BCUT2D eigenvalue weighted by Gasteiger charge is -2.32. The fourth-order valence-electron chi connectivity index (χ4n) is 3.53. The van der Waals surface area contributed by atoms with Crippen molar-refractivity contribution in [2.24, 2.45) is 11.1 Å². The molecule has 7 nitrogen and oxygen atoms in total. The summed E-state index contributed by atoms with van der Waals surface area (Å²) in [5, 5.41) is 9.80. The van der Waals surface area contributed by atoms with Crippen molar-refractivity contribution in [3.05, 3.63) is 0 Å². The Balaban J connectivity index is 1.49. The molecule has 0 unspecified atom stereocenters. The van der Waals surface area contributed by atoms with E-state index in [4.69, 9.17) is 4.84 Å². The number of urea groups is 1. The Kier molecular flexibility index (Phi) is 5.03. The topological polar surface area (TPSA) is 83.0 Å². The normalized spacial score (nSPS) is 28.2. The maximum Gasteiger partial charge on any atom is 0.317 e. The lowest BCUT2D eigenvalue weighted by molar-refractivity contribution is -0.124. The fraction of sp³-hybridized carbons (Fsp3) is 0.812. The molecule has 0 aromatic carbocycles. The Morgan fingerprint density at radius 2 is 2.00 bits per heavy atom. The van der Waals surface area contributed by atoms with Crippen LogP contribution in [-0.4, -0.2) is 47.9 Å². The SMILES string of the molecule is C[C@@H]1CC(NC(=O)[C@H]2CCCN(C(=O)NC3CCCC3)C2)=NO1. The molecule has 2 heterocycles. The van der Waals surface area contributed by atoms with Gasteiger partial charge in [-0.05, 0) is 32.6 Å². The summed E-state index contributed by atoms with van der Waals surface area (Å²) in [7, 11) is 0. The van der Waals surface area contributed by atoms with Gasteiger partial charge in [0.2, 0.25) is 5.91 Å². The number of carbonyl (C=O) groups excluding carboxylic acids is 2. The van der Waals surface area contributed by atoms with Gasteiger partial charge in [0.15, 0.2) is 5.84 Å². The second kappa shape index (κ2) is 7.19. The van der Waals surface area contributed by atoms with Crippen LogP contribution in [0, 0.1) is 5.92 Å². The summed E-state index contributed by atoms with van der Waals surface area (Å²) in [5.41, 5.74) is 0. The van der Waals surface area contributed by atoms with Gasteiger partial charge in [0, 0.05) is 25.6 Å². The van der Waals surface area contributed by atoms with Crippen LogP contribution in [-0.2, 0) is 9.63 Å². The third kappa shape index (κ3) is 4.14. The summed E-state index contributed by atoms with van der Waals surface area (Å²) < 4.78 is 0. The molecule has 3 amide bonds. The molecule has 3 rings (SSSR count). The van der Waals surface area contributed by atoms with E-state index in [0.29, 0.717) is 24.8 Å². The minimum atomic E-state index is -0.170. The molecule has 3 aliphatic rings. The maximum atomic E-state index is 12.4. The highest BCUT2D eigenvalue weighted by atomic mass is 16.6. The number of hydrogen-bond donors (Lipinski definition) is 2. The van der Waals surface area contributed by atoms with E-state index in [1.54, 1.807) is 4.90 Å². The van der Waals surface area contributed by atoms with E-state index >= 15 is 0 Å². The Hall–Kier alpha value is -1.79. The van der Waals surface area contributed by atoms with Gasteiger partial charge < -0.3 is 20.4 Å². The first-order valence-electron chi connectivity index (χ1n) is 8.71. The molecule has 0 radical (unpaired) electrons. The number of amidine groups is 1. The molecule has 2 atom stereocenters. The molecule has 23 heavy (non-hydrogen) atoms. The van der Waals surface area contributed by atoms with Crippen molar-refractivity contribution in [1.29, 1.82) is 0 Å². The number of likely N-dealkylation sites (tertiary alicyclic amines) is 1. The Morgan fingerprint density at radius 1 is 1.22 bits per heavy atom. The van der Waals surface area contributed by atoms with Gasteiger partial charge in [-0.15, -0.1) is 0 Å². The molecular weight excluding hydrogens is 296 g/mol. The monoisotopic (exact) mass is 322 g/mol. The minimum absolute atomic E-state index is 0.0188. The first-order valence-corrected chi connectivity index (χ1v) is 8.71. The minimum Gasteiger partial charge on any atom is -0.391 e. The van der Waals surface area contributed by atoms with Crippen molar-refractivity contribution >= 4 is 17.8 Å². The maximum absolute atomic E-state index is 12.4. The van der Waals surface area contributed by atoms with Crippen molar-refractivity contribution in [2.75, 3.05) is 13.1 Å². The lowest BCUT2D eigenvalue weighted by Crippen LogP contribution is -2.51. The zero-order chi connectivity index (χ0) is 16.2. The van der Waals surface area contributed by atoms with Gasteiger partial charge in [0.1, 0.15) is 6.10 Å². The number of hydrogen-bond acceptors (Lipinski definition) is 4. The van der Waals surface area contributed by atoms with E-state index in [2.05, 4.69) is 15.8 Å². The number of carbonyl (C=O) groups is 2. The Labute approximate surface area is 136 Å². The molecule has 7 heteroatoms. The largest absolute Gasteiger partial charge is 0.391 e. The van der Waals surface area contributed by atoms with Crippen molar-refractivity contribution in [3.8, 4) is 0 Å². The summed E-state index contributed by atoms with van der Waals surface area (Å²) in [4.78, 5) is 31.6. The highest BCUT2D eigenvalue weighted by Gasteiger charge is 2.31. The van der Waals surface area contributed by atoms with Gasteiger partial charge in [0.25, 0.3) is 0 Å². The molecule has 0 bridgehead atoms. The van der Waals surface area contributed by atoms with Crippen LogP contribution in [0.3, 0.4) is 0 Å². The second-order valence-electron chi connectivity index (χ2n) is 6.86. The van der Waals surface area contributed by atoms with Gasteiger partial charge in [0.05, 0.1) is 5.92 Å². The highest BCUT2D eigenvalue weighted by molar-refractivity contribution is 5.99. The summed E-state index contributed by atoms with van der Waals surface area (Å²) in [6.45, 7) is 3.12. The molecular formula is C16H26N4O3. The second-order valence-corrected chi connectivity index (χ2v) is 6.86. The van der Waals surface area contributed by atoms with E-state index in [1.807, 2.05) is 6.92 Å². The van der Waals surface area contributed by atoms with Gasteiger partial charge in [-0.1, -0.05) is 18.0 Å². The molecule has 0 aromatic heterocycles. The van der Waals surface area contributed by atoms with E-state index in [-0.39, 0.29) is 24.0 Å². The number of nitrogens with zero attached hydrogens (tertiary/aromatic N) is 2. The summed E-state index contributed by atoms with van der Waals surface area (Å²) >= 11 is 0. The number of piperidine rings is 1. The van der Waals surface area contributed by atoms with Crippen LogP contribution < -0.4 is 10.6 Å². The standard InChI is InChI=1S/C16H26N4O3/c1-11-9-14(19-23-11)18-15(21)12-5-4-8-20(10-12)16(22)17-13-6-2-3-7-13/h11-13H,2-10H2,1H3,(H,17,22)(H,18,19,21)/t11-,12+/m1/s1. The van der Waals surface area contributed by atoms with Crippen LogP contribution in [0.5, 0.6) is 0 Å². The molecule has 2 aliphatic heterocycles. The first kappa shape index (κ1) is 16.1. The molecule has 0 aromatic rings. The number of rotatable bonds is 2. The van der Waals surface area contributed by atoms with Crippen LogP contribution in [0.4, 0.5) is 4.79 Å². The number of oxime groups is 1. The summed E-state index contributed by atoms with van der Waals surface area (Å²) in [6, 6.07) is 0.285. The molecule has 1 saturated carbocycles. The molecule has 1 saturated heterocycles. The first-order chi connectivity index (χ1) is 11.1. The number of nitrogens with one attached hydrogen (secondary N) is 2. The van der Waals surface area contributed by atoms with Gasteiger partial charge in [-0.25, -0.2) is 4.79 Å².